The van der Waals surface area contributed by atoms with Gasteiger partial charge in [-0.05, 0) is 17.8 Å². The van der Waals surface area contributed by atoms with Gasteiger partial charge in [-0.3, -0.25) is 0 Å². The molecule has 0 unspecified atom stereocenters. The molecule has 3 heteroatoms. The first-order chi connectivity index (χ1) is 7.07. The molecule has 15 heavy (non-hydrogen) atoms. The van der Waals surface area contributed by atoms with Crippen LogP contribution in [0, 0.1) is 0 Å². The lowest BCUT2D eigenvalue weighted by molar-refractivity contribution is 0.396. The van der Waals surface area contributed by atoms with Gasteiger partial charge in [-0.1, -0.05) is 52.8 Å². The molecule has 0 amide bonds. The molecule has 0 aromatic rings. The van der Waals surface area contributed by atoms with Gasteiger partial charge in [0.1, 0.15) is 0 Å². The molecule has 1 nitrogen and oxygen atoms in total. The Hall–Kier alpha value is 0.394. The third-order valence-electron chi connectivity index (χ3n) is 4.67. The summed E-state index contributed by atoms with van der Waals surface area (Å²) in [7, 11) is -0.375. The van der Waals surface area contributed by atoms with Crippen molar-refractivity contribution in [3.8, 4) is 0 Å². The van der Waals surface area contributed by atoms with Crippen molar-refractivity contribution in [2.24, 2.45) is 0 Å². The van der Waals surface area contributed by atoms with E-state index in [4.69, 9.17) is 4.43 Å². The Labute approximate surface area is 98.8 Å². The molecule has 0 heterocycles. The largest absolute Gasteiger partial charge is 0.420 e. The molecule has 0 saturated heterocycles. The fraction of sp³-hybridized carbons (Fsp3) is 1.00. The lowest BCUT2D eigenvalue weighted by Gasteiger charge is -2.38. The van der Waals surface area contributed by atoms with Crippen LogP contribution in [0.4, 0.5) is 0 Å². The predicted molar refractivity (Wildman–Crippen MR) is 75.7 cm³/mol. The molecule has 0 N–H and O–H groups in total. The molecule has 0 fully saturated rings. The summed E-state index contributed by atoms with van der Waals surface area (Å²) < 4.78 is 5.97. The Morgan fingerprint density at radius 2 is 1.13 bits per heavy atom. The fourth-order valence-corrected chi connectivity index (χ4v) is 16.3. The summed E-state index contributed by atoms with van der Waals surface area (Å²) in [6, 6.07) is 6.93. The molecule has 0 aromatic carbocycles. The van der Waals surface area contributed by atoms with Crippen LogP contribution in [-0.2, 0) is 4.43 Å². The van der Waals surface area contributed by atoms with Crippen LogP contribution in [0.1, 0.15) is 34.6 Å². The summed E-state index contributed by atoms with van der Waals surface area (Å²) in [5.41, 5.74) is 1.49. The smallest absolute Gasteiger partial charge is 0.189 e. The minimum absolute atomic E-state index is 0.979. The second-order valence-electron chi connectivity index (χ2n) is 4.83. The molecular weight excluding hydrogens is 216 g/mol. The van der Waals surface area contributed by atoms with E-state index in [0.29, 0.717) is 0 Å². The molecule has 0 rings (SSSR count). The summed E-state index contributed by atoms with van der Waals surface area (Å²) in [5.74, 6) is 0. The van der Waals surface area contributed by atoms with Crippen LogP contribution in [0.2, 0.25) is 35.9 Å². The fourth-order valence-electron chi connectivity index (χ4n) is 2.67. The zero-order valence-corrected chi connectivity index (χ0v) is 13.7. The van der Waals surface area contributed by atoms with Crippen LogP contribution in [-0.4, -0.2) is 23.5 Å². The number of hydrogen-bond acceptors (Lipinski definition) is 1. The highest BCUT2D eigenvalue weighted by molar-refractivity contribution is 6.94. The molecule has 0 aliphatic rings. The second kappa shape index (κ2) is 6.87. The zero-order valence-electron chi connectivity index (χ0n) is 11.7. The first kappa shape index (κ1) is 15.4. The van der Waals surface area contributed by atoms with Crippen molar-refractivity contribution in [2.45, 2.75) is 70.5 Å². The van der Waals surface area contributed by atoms with Gasteiger partial charge < -0.3 is 4.43 Å². The van der Waals surface area contributed by atoms with Gasteiger partial charge in [-0.2, -0.15) is 0 Å². The molecule has 0 aliphatic heterocycles. The lowest BCUT2D eigenvalue weighted by Crippen LogP contribution is -2.47. The van der Waals surface area contributed by atoms with E-state index in [1.165, 1.54) is 35.9 Å². The van der Waals surface area contributed by atoms with Gasteiger partial charge >= 0.3 is 0 Å². The summed E-state index contributed by atoms with van der Waals surface area (Å²) >= 11 is 0. The highest BCUT2D eigenvalue weighted by atomic mass is 28.4. The third kappa shape index (κ3) is 3.72. The molecule has 0 saturated carbocycles. The van der Waals surface area contributed by atoms with Gasteiger partial charge in [0, 0.05) is 7.11 Å². The van der Waals surface area contributed by atoms with Crippen molar-refractivity contribution < 1.29 is 4.43 Å². The highest BCUT2D eigenvalue weighted by Gasteiger charge is 2.40. The summed E-state index contributed by atoms with van der Waals surface area (Å²) in [6.45, 7) is 11.9. The number of rotatable bonds is 8. The maximum absolute atomic E-state index is 5.97. The first-order valence-corrected chi connectivity index (χ1v) is 12.0. The van der Waals surface area contributed by atoms with Crippen molar-refractivity contribution in [2.75, 3.05) is 7.11 Å². The zero-order chi connectivity index (χ0) is 11.9. The Kier molecular flexibility index (Phi) is 7.05. The second-order valence-corrected chi connectivity index (χ2v) is 15.6. The standard InChI is InChI=1S/C12H30OSi2/c1-7-14(8-2,9-3)12-15(10-4,11-5)13-6/h7-12H2,1-6H3. The number of hydrogen-bond donors (Lipinski definition) is 0. The van der Waals surface area contributed by atoms with Crippen molar-refractivity contribution >= 4 is 16.4 Å². The Bertz CT molecular complexity index is 128. The molecule has 0 spiro atoms. The molecule has 0 atom stereocenters. The average molecular weight is 247 g/mol. The SMILES string of the molecule is CC[Si](CC)(CC)C[Si](CC)(CC)OC. The topological polar surface area (TPSA) is 9.23 Å². The molecule has 0 aromatic heterocycles. The maximum atomic E-state index is 5.97. The normalized spacial score (nSPS) is 13.2. The van der Waals surface area contributed by atoms with Crippen molar-refractivity contribution in [1.29, 1.82) is 0 Å². The minimum Gasteiger partial charge on any atom is -0.420 e. The van der Waals surface area contributed by atoms with Crippen LogP contribution in [0.5, 0.6) is 0 Å². The highest BCUT2D eigenvalue weighted by Crippen LogP contribution is 2.34. The van der Waals surface area contributed by atoms with Crippen LogP contribution in [0.15, 0.2) is 0 Å². The van der Waals surface area contributed by atoms with E-state index in [2.05, 4.69) is 34.6 Å². The summed E-state index contributed by atoms with van der Waals surface area (Å²) in [6.07, 6.45) is 0. The molecule has 0 aliphatic carbocycles. The van der Waals surface area contributed by atoms with Crippen LogP contribution in [0.3, 0.4) is 0 Å². The van der Waals surface area contributed by atoms with Crippen LogP contribution in [0.25, 0.3) is 0 Å². The molecule has 92 valence electrons. The van der Waals surface area contributed by atoms with Crippen LogP contribution < -0.4 is 0 Å². The maximum Gasteiger partial charge on any atom is 0.189 e. The van der Waals surface area contributed by atoms with E-state index >= 15 is 0 Å². The Morgan fingerprint density at radius 3 is 1.33 bits per heavy atom. The van der Waals surface area contributed by atoms with E-state index in [-0.39, 0.29) is 0 Å². The van der Waals surface area contributed by atoms with Gasteiger partial charge in [-0.15, -0.1) is 0 Å². The quantitative estimate of drug-likeness (QED) is 0.566. The van der Waals surface area contributed by atoms with E-state index in [0.717, 1.165) is 0 Å². The average Bonchev–Trinajstić information content (AvgIpc) is 2.33. The van der Waals surface area contributed by atoms with Gasteiger partial charge in [0.2, 0.25) is 0 Å². The van der Waals surface area contributed by atoms with Crippen LogP contribution >= 0.6 is 0 Å². The summed E-state index contributed by atoms with van der Waals surface area (Å²) in [4.78, 5) is 0. The predicted octanol–water partition coefficient (Wildman–Crippen LogP) is 4.67. The minimum atomic E-state index is -1.35. The Balaban J connectivity index is 4.74. The van der Waals surface area contributed by atoms with Crippen molar-refractivity contribution in [3.05, 3.63) is 0 Å². The Morgan fingerprint density at radius 1 is 0.733 bits per heavy atom. The molecule has 0 radical (unpaired) electrons. The first-order valence-electron chi connectivity index (χ1n) is 6.62. The third-order valence-corrected chi connectivity index (χ3v) is 18.2. The van der Waals surface area contributed by atoms with E-state index in [1.807, 2.05) is 7.11 Å². The molecule has 0 bridgehead atoms. The van der Waals surface area contributed by atoms with Gasteiger partial charge in [0.15, 0.2) is 8.32 Å². The van der Waals surface area contributed by atoms with Crippen molar-refractivity contribution in [1.82, 2.24) is 0 Å². The monoisotopic (exact) mass is 246 g/mol. The van der Waals surface area contributed by atoms with Crippen molar-refractivity contribution in [3.63, 3.8) is 0 Å². The van der Waals surface area contributed by atoms with E-state index < -0.39 is 16.4 Å². The lowest BCUT2D eigenvalue weighted by atomic mass is 10.9. The van der Waals surface area contributed by atoms with E-state index in [1.54, 1.807) is 0 Å². The molecular formula is C12H30OSi2. The van der Waals surface area contributed by atoms with E-state index in [9.17, 15) is 0 Å². The van der Waals surface area contributed by atoms with Gasteiger partial charge in [0.05, 0.1) is 8.07 Å². The van der Waals surface area contributed by atoms with Gasteiger partial charge in [-0.25, -0.2) is 0 Å². The van der Waals surface area contributed by atoms with Gasteiger partial charge in [0.25, 0.3) is 0 Å². The summed E-state index contributed by atoms with van der Waals surface area (Å²) in [5, 5.41) is 0.